The smallest absolute Gasteiger partial charge is 0.244 e. The Morgan fingerprint density at radius 2 is 2.35 bits per heavy atom. The summed E-state index contributed by atoms with van der Waals surface area (Å²) in [6, 6.07) is 4.22. The Kier molecular flexibility index (Phi) is 3.26. The molecule has 1 saturated heterocycles. The van der Waals surface area contributed by atoms with E-state index in [1.807, 2.05) is 12.1 Å². The van der Waals surface area contributed by atoms with E-state index < -0.39 is 0 Å². The molecular formula is C11H12BrN3OS. The second kappa shape index (κ2) is 4.88. The van der Waals surface area contributed by atoms with Crippen LogP contribution in [0.4, 0.5) is 0 Å². The van der Waals surface area contributed by atoms with Gasteiger partial charge < -0.3 is 9.84 Å². The maximum atomic E-state index is 5.34. The SMILES string of the molecule is Brc1ccc(-c2noc([C@H]3CCCCN3)n2)s1. The summed E-state index contributed by atoms with van der Waals surface area (Å²) in [6.45, 7) is 1.03. The van der Waals surface area contributed by atoms with Crippen molar-refractivity contribution in [3.63, 3.8) is 0 Å². The molecule has 17 heavy (non-hydrogen) atoms. The van der Waals surface area contributed by atoms with E-state index in [2.05, 4.69) is 31.4 Å². The molecule has 1 aliphatic rings. The highest BCUT2D eigenvalue weighted by molar-refractivity contribution is 9.11. The van der Waals surface area contributed by atoms with E-state index in [1.165, 1.54) is 12.8 Å². The molecule has 6 heteroatoms. The predicted octanol–water partition coefficient (Wildman–Crippen LogP) is 3.38. The molecule has 0 aromatic carbocycles. The molecular weight excluding hydrogens is 302 g/mol. The van der Waals surface area contributed by atoms with Gasteiger partial charge in [-0.05, 0) is 47.4 Å². The van der Waals surface area contributed by atoms with Crippen molar-refractivity contribution in [1.82, 2.24) is 15.5 Å². The molecule has 0 radical (unpaired) electrons. The van der Waals surface area contributed by atoms with Crippen LogP contribution in [0.1, 0.15) is 31.2 Å². The highest BCUT2D eigenvalue weighted by atomic mass is 79.9. The second-order valence-corrected chi connectivity index (χ2v) is 6.53. The normalized spacial score (nSPS) is 20.6. The van der Waals surface area contributed by atoms with E-state index in [9.17, 15) is 0 Å². The third-order valence-electron chi connectivity index (χ3n) is 2.84. The van der Waals surface area contributed by atoms with Crippen LogP contribution in [-0.2, 0) is 0 Å². The zero-order valence-corrected chi connectivity index (χ0v) is 11.6. The minimum Gasteiger partial charge on any atom is -0.337 e. The van der Waals surface area contributed by atoms with E-state index >= 15 is 0 Å². The summed E-state index contributed by atoms with van der Waals surface area (Å²) in [4.78, 5) is 5.50. The highest BCUT2D eigenvalue weighted by Crippen LogP contribution is 2.30. The molecule has 1 N–H and O–H groups in total. The molecule has 1 aliphatic heterocycles. The van der Waals surface area contributed by atoms with Crippen LogP contribution in [0.15, 0.2) is 20.4 Å². The number of thiophene rings is 1. The van der Waals surface area contributed by atoms with Gasteiger partial charge in [-0.3, -0.25) is 0 Å². The Balaban J connectivity index is 1.82. The molecule has 0 bridgehead atoms. The first-order valence-corrected chi connectivity index (χ1v) is 7.26. The molecule has 0 saturated carbocycles. The number of hydrogen-bond acceptors (Lipinski definition) is 5. The van der Waals surface area contributed by atoms with Gasteiger partial charge in [0.1, 0.15) is 0 Å². The molecule has 2 aromatic heterocycles. The van der Waals surface area contributed by atoms with Crippen LogP contribution >= 0.6 is 27.3 Å². The summed E-state index contributed by atoms with van der Waals surface area (Å²) >= 11 is 5.04. The lowest BCUT2D eigenvalue weighted by molar-refractivity contribution is 0.297. The van der Waals surface area contributed by atoms with Crippen molar-refractivity contribution in [2.24, 2.45) is 0 Å². The predicted molar refractivity (Wildman–Crippen MR) is 69.9 cm³/mol. The lowest BCUT2D eigenvalue weighted by Crippen LogP contribution is -2.26. The maximum Gasteiger partial charge on any atom is 0.244 e. The first-order chi connectivity index (χ1) is 8.33. The van der Waals surface area contributed by atoms with Crippen molar-refractivity contribution in [3.8, 4) is 10.7 Å². The van der Waals surface area contributed by atoms with Gasteiger partial charge >= 0.3 is 0 Å². The topological polar surface area (TPSA) is 51.0 Å². The van der Waals surface area contributed by atoms with Gasteiger partial charge in [0.05, 0.1) is 14.7 Å². The van der Waals surface area contributed by atoms with Crippen molar-refractivity contribution in [3.05, 3.63) is 21.8 Å². The minimum atomic E-state index is 0.230. The van der Waals surface area contributed by atoms with Crippen molar-refractivity contribution < 1.29 is 4.52 Å². The summed E-state index contributed by atoms with van der Waals surface area (Å²) in [5, 5.41) is 7.44. The summed E-state index contributed by atoms with van der Waals surface area (Å²) in [5.41, 5.74) is 0. The Bertz CT molecular complexity index is 504. The quantitative estimate of drug-likeness (QED) is 0.923. The van der Waals surface area contributed by atoms with E-state index in [-0.39, 0.29) is 6.04 Å². The highest BCUT2D eigenvalue weighted by Gasteiger charge is 2.21. The molecule has 0 aliphatic carbocycles. The molecule has 0 amide bonds. The van der Waals surface area contributed by atoms with E-state index in [1.54, 1.807) is 11.3 Å². The van der Waals surface area contributed by atoms with E-state index in [0.29, 0.717) is 11.7 Å². The molecule has 3 heterocycles. The van der Waals surface area contributed by atoms with Gasteiger partial charge in [-0.25, -0.2) is 0 Å². The van der Waals surface area contributed by atoms with Gasteiger partial charge in [-0.15, -0.1) is 11.3 Å². The minimum absolute atomic E-state index is 0.230. The Morgan fingerprint density at radius 1 is 1.41 bits per heavy atom. The average molecular weight is 314 g/mol. The number of aromatic nitrogens is 2. The van der Waals surface area contributed by atoms with Crippen LogP contribution in [0.3, 0.4) is 0 Å². The zero-order chi connectivity index (χ0) is 11.7. The zero-order valence-electron chi connectivity index (χ0n) is 9.15. The molecule has 0 spiro atoms. The van der Waals surface area contributed by atoms with Crippen LogP contribution in [0, 0.1) is 0 Å². The van der Waals surface area contributed by atoms with Gasteiger partial charge in [-0.2, -0.15) is 4.98 Å². The van der Waals surface area contributed by atoms with Gasteiger partial charge in [-0.1, -0.05) is 11.6 Å². The summed E-state index contributed by atoms with van der Waals surface area (Å²) in [5.74, 6) is 1.40. The number of rotatable bonds is 2. The second-order valence-electron chi connectivity index (χ2n) is 4.06. The van der Waals surface area contributed by atoms with Crippen molar-refractivity contribution in [1.29, 1.82) is 0 Å². The fourth-order valence-electron chi connectivity index (χ4n) is 1.97. The van der Waals surface area contributed by atoms with Crippen LogP contribution in [0.25, 0.3) is 10.7 Å². The number of nitrogens with one attached hydrogen (secondary N) is 1. The molecule has 0 unspecified atom stereocenters. The van der Waals surface area contributed by atoms with Gasteiger partial charge in [0.25, 0.3) is 0 Å². The third kappa shape index (κ3) is 2.43. The molecule has 4 nitrogen and oxygen atoms in total. The van der Waals surface area contributed by atoms with E-state index in [4.69, 9.17) is 4.52 Å². The average Bonchev–Trinajstić information content (AvgIpc) is 2.98. The molecule has 1 atom stereocenters. The van der Waals surface area contributed by atoms with Gasteiger partial charge in [0, 0.05) is 0 Å². The van der Waals surface area contributed by atoms with Gasteiger partial charge in [0.15, 0.2) is 0 Å². The molecule has 90 valence electrons. The summed E-state index contributed by atoms with van der Waals surface area (Å²) < 4.78 is 6.41. The van der Waals surface area contributed by atoms with Crippen molar-refractivity contribution >= 4 is 27.3 Å². The van der Waals surface area contributed by atoms with Crippen molar-refractivity contribution in [2.75, 3.05) is 6.54 Å². The fraction of sp³-hybridized carbons (Fsp3) is 0.455. The van der Waals surface area contributed by atoms with Crippen LogP contribution in [-0.4, -0.2) is 16.7 Å². The monoisotopic (exact) mass is 313 g/mol. The number of piperidine rings is 1. The number of nitrogens with zero attached hydrogens (tertiary/aromatic N) is 2. The first-order valence-electron chi connectivity index (χ1n) is 5.65. The Morgan fingerprint density at radius 3 is 3.06 bits per heavy atom. The summed E-state index contributed by atoms with van der Waals surface area (Å²) in [7, 11) is 0. The maximum absolute atomic E-state index is 5.34. The van der Waals surface area contributed by atoms with Gasteiger partial charge in [0.2, 0.25) is 11.7 Å². The number of hydrogen-bond donors (Lipinski definition) is 1. The lowest BCUT2D eigenvalue weighted by Gasteiger charge is -2.19. The first kappa shape index (κ1) is 11.4. The Hall–Kier alpha value is -0.720. The standard InChI is InChI=1S/C11H12BrN3OS/c12-9-5-4-8(17-9)10-14-11(16-15-10)7-3-1-2-6-13-7/h4-5,7,13H,1-3,6H2/t7-/m1/s1. The van der Waals surface area contributed by atoms with Crippen LogP contribution in [0.5, 0.6) is 0 Å². The Labute approximate surface area is 112 Å². The largest absolute Gasteiger partial charge is 0.337 e. The summed E-state index contributed by atoms with van der Waals surface area (Å²) in [6.07, 6.45) is 3.53. The third-order valence-corrected chi connectivity index (χ3v) is 4.46. The fourth-order valence-corrected chi connectivity index (χ4v) is 3.29. The molecule has 1 fully saturated rings. The van der Waals surface area contributed by atoms with E-state index in [0.717, 1.165) is 21.6 Å². The van der Waals surface area contributed by atoms with Crippen molar-refractivity contribution in [2.45, 2.75) is 25.3 Å². The van der Waals surface area contributed by atoms with Crippen LogP contribution in [0.2, 0.25) is 0 Å². The molecule has 3 rings (SSSR count). The number of halogens is 1. The van der Waals surface area contributed by atoms with Crippen LogP contribution < -0.4 is 5.32 Å². The molecule has 2 aromatic rings. The lowest BCUT2D eigenvalue weighted by atomic mass is 10.1.